The van der Waals surface area contributed by atoms with Crippen molar-refractivity contribution in [2.45, 2.75) is 32.4 Å². The van der Waals surface area contributed by atoms with Crippen molar-refractivity contribution in [3.63, 3.8) is 0 Å². The average molecular weight is 354 g/mol. The molecule has 2 rings (SSSR count). The monoisotopic (exact) mass is 353 g/mol. The molecule has 1 atom stereocenters. The van der Waals surface area contributed by atoms with Gasteiger partial charge in [0.25, 0.3) is 0 Å². The van der Waals surface area contributed by atoms with Gasteiger partial charge in [-0.1, -0.05) is 34.1 Å². The first kappa shape index (κ1) is 16.9. The highest BCUT2D eigenvalue weighted by Gasteiger charge is 2.29. The van der Waals surface area contributed by atoms with Gasteiger partial charge in [-0.25, -0.2) is 0 Å². The van der Waals surface area contributed by atoms with Crippen LogP contribution < -0.4 is 5.32 Å². The molecular formula is C17H28BrN3. The van der Waals surface area contributed by atoms with E-state index in [4.69, 9.17) is 0 Å². The van der Waals surface area contributed by atoms with Crippen LogP contribution in [-0.4, -0.2) is 55.1 Å². The SMILES string of the molecule is CC(NCC(C)(C)N1CCN(C)CC1)c1ccccc1Br. The van der Waals surface area contributed by atoms with Crippen LogP contribution in [0.15, 0.2) is 28.7 Å². The largest absolute Gasteiger partial charge is 0.308 e. The van der Waals surface area contributed by atoms with E-state index in [1.165, 1.54) is 23.1 Å². The Bertz CT molecular complexity index is 453. The molecule has 1 aromatic carbocycles. The Labute approximate surface area is 137 Å². The first-order valence-corrected chi connectivity index (χ1v) is 8.61. The van der Waals surface area contributed by atoms with E-state index in [-0.39, 0.29) is 5.54 Å². The van der Waals surface area contributed by atoms with Crippen LogP contribution in [0.5, 0.6) is 0 Å². The molecule has 4 heteroatoms. The average Bonchev–Trinajstić information content (AvgIpc) is 2.46. The van der Waals surface area contributed by atoms with Crippen LogP contribution in [0.4, 0.5) is 0 Å². The van der Waals surface area contributed by atoms with Crippen molar-refractivity contribution in [1.82, 2.24) is 15.1 Å². The smallest absolute Gasteiger partial charge is 0.0303 e. The first-order valence-electron chi connectivity index (χ1n) is 7.81. The third-order valence-corrected chi connectivity index (χ3v) is 5.29. The molecule has 1 N–H and O–H groups in total. The van der Waals surface area contributed by atoms with Crippen LogP contribution in [0.25, 0.3) is 0 Å². The van der Waals surface area contributed by atoms with Crippen molar-refractivity contribution < 1.29 is 0 Å². The molecule has 1 fully saturated rings. The third kappa shape index (κ3) is 4.52. The molecule has 0 amide bonds. The summed E-state index contributed by atoms with van der Waals surface area (Å²) in [6, 6.07) is 8.81. The van der Waals surface area contributed by atoms with E-state index in [1.807, 2.05) is 0 Å². The lowest BCUT2D eigenvalue weighted by Gasteiger charge is -2.44. The summed E-state index contributed by atoms with van der Waals surface area (Å²) < 4.78 is 1.18. The summed E-state index contributed by atoms with van der Waals surface area (Å²) in [6.07, 6.45) is 0. The van der Waals surface area contributed by atoms with Gasteiger partial charge in [0, 0.05) is 48.8 Å². The van der Waals surface area contributed by atoms with Gasteiger partial charge < -0.3 is 10.2 Å². The van der Waals surface area contributed by atoms with Gasteiger partial charge >= 0.3 is 0 Å². The van der Waals surface area contributed by atoms with Gasteiger partial charge in [-0.15, -0.1) is 0 Å². The topological polar surface area (TPSA) is 18.5 Å². The number of likely N-dealkylation sites (N-methyl/N-ethyl adjacent to an activating group) is 1. The van der Waals surface area contributed by atoms with Crippen LogP contribution in [0, 0.1) is 0 Å². The van der Waals surface area contributed by atoms with Gasteiger partial charge in [-0.3, -0.25) is 4.90 Å². The zero-order valence-corrected chi connectivity index (χ0v) is 15.3. The van der Waals surface area contributed by atoms with Crippen LogP contribution in [0.2, 0.25) is 0 Å². The molecule has 1 aliphatic rings. The Morgan fingerprint density at radius 3 is 2.43 bits per heavy atom. The molecule has 1 aliphatic heterocycles. The molecule has 1 heterocycles. The van der Waals surface area contributed by atoms with Crippen LogP contribution in [0.3, 0.4) is 0 Å². The van der Waals surface area contributed by atoms with Gasteiger partial charge in [-0.05, 0) is 39.4 Å². The molecule has 0 spiro atoms. The number of halogens is 1. The fraction of sp³-hybridized carbons (Fsp3) is 0.647. The number of nitrogens with zero attached hydrogens (tertiary/aromatic N) is 2. The second kappa shape index (κ2) is 7.23. The Balaban J connectivity index is 1.90. The number of nitrogens with one attached hydrogen (secondary N) is 1. The van der Waals surface area contributed by atoms with Gasteiger partial charge in [0.15, 0.2) is 0 Å². The highest BCUT2D eigenvalue weighted by Crippen LogP contribution is 2.24. The van der Waals surface area contributed by atoms with E-state index in [0.29, 0.717) is 6.04 Å². The van der Waals surface area contributed by atoms with Crippen molar-refractivity contribution in [2.75, 3.05) is 39.8 Å². The number of hydrogen-bond acceptors (Lipinski definition) is 3. The van der Waals surface area contributed by atoms with Gasteiger partial charge in [0.05, 0.1) is 0 Å². The summed E-state index contributed by atoms with van der Waals surface area (Å²) in [5, 5.41) is 3.70. The molecule has 3 nitrogen and oxygen atoms in total. The molecular weight excluding hydrogens is 326 g/mol. The van der Waals surface area contributed by atoms with Crippen molar-refractivity contribution in [1.29, 1.82) is 0 Å². The lowest BCUT2D eigenvalue weighted by Crippen LogP contribution is -2.57. The predicted molar refractivity (Wildman–Crippen MR) is 93.7 cm³/mol. The molecule has 1 unspecified atom stereocenters. The lowest BCUT2D eigenvalue weighted by atomic mass is 10.00. The number of piperazine rings is 1. The van der Waals surface area contributed by atoms with Gasteiger partial charge in [-0.2, -0.15) is 0 Å². The van der Waals surface area contributed by atoms with Crippen LogP contribution in [0.1, 0.15) is 32.4 Å². The Hall–Kier alpha value is -0.420. The van der Waals surface area contributed by atoms with Crippen molar-refractivity contribution in [2.24, 2.45) is 0 Å². The lowest BCUT2D eigenvalue weighted by molar-refractivity contribution is 0.0604. The zero-order valence-electron chi connectivity index (χ0n) is 13.7. The molecule has 1 aromatic rings. The molecule has 0 aliphatic carbocycles. The number of rotatable bonds is 5. The van der Waals surface area contributed by atoms with Crippen molar-refractivity contribution in [3.05, 3.63) is 34.3 Å². The number of hydrogen-bond donors (Lipinski definition) is 1. The minimum absolute atomic E-state index is 0.191. The van der Waals surface area contributed by atoms with Crippen LogP contribution >= 0.6 is 15.9 Å². The highest BCUT2D eigenvalue weighted by molar-refractivity contribution is 9.10. The standard InChI is InChI=1S/C17H28BrN3/c1-14(15-7-5-6-8-16(15)18)19-13-17(2,3)21-11-9-20(4)10-12-21/h5-8,14,19H,9-13H2,1-4H3. The molecule has 1 saturated heterocycles. The Morgan fingerprint density at radius 1 is 1.19 bits per heavy atom. The summed E-state index contributed by atoms with van der Waals surface area (Å²) >= 11 is 3.64. The van der Waals surface area contributed by atoms with Crippen molar-refractivity contribution in [3.8, 4) is 0 Å². The van der Waals surface area contributed by atoms with E-state index in [2.05, 4.69) is 83.1 Å². The van der Waals surface area contributed by atoms with Crippen LogP contribution in [-0.2, 0) is 0 Å². The van der Waals surface area contributed by atoms with Gasteiger partial charge in [0.1, 0.15) is 0 Å². The fourth-order valence-corrected chi connectivity index (χ4v) is 3.49. The summed E-state index contributed by atoms with van der Waals surface area (Å²) in [5.74, 6) is 0. The van der Waals surface area contributed by atoms with Gasteiger partial charge in [0.2, 0.25) is 0 Å². The summed E-state index contributed by atoms with van der Waals surface area (Å²) in [7, 11) is 2.21. The molecule has 0 bridgehead atoms. The molecule has 118 valence electrons. The van der Waals surface area contributed by atoms with E-state index in [1.54, 1.807) is 0 Å². The minimum atomic E-state index is 0.191. The fourth-order valence-electron chi connectivity index (χ4n) is 2.86. The maximum absolute atomic E-state index is 3.70. The summed E-state index contributed by atoms with van der Waals surface area (Å²) in [4.78, 5) is 5.01. The minimum Gasteiger partial charge on any atom is -0.308 e. The van der Waals surface area contributed by atoms with E-state index in [0.717, 1.165) is 19.6 Å². The number of benzene rings is 1. The zero-order chi connectivity index (χ0) is 15.5. The maximum Gasteiger partial charge on any atom is 0.0303 e. The Morgan fingerprint density at radius 2 is 1.81 bits per heavy atom. The van der Waals surface area contributed by atoms with Crippen molar-refractivity contribution >= 4 is 15.9 Å². The molecule has 21 heavy (non-hydrogen) atoms. The molecule has 0 saturated carbocycles. The summed E-state index contributed by atoms with van der Waals surface area (Å²) in [5.41, 5.74) is 1.52. The molecule has 0 radical (unpaired) electrons. The maximum atomic E-state index is 3.70. The normalized spacial score (nSPS) is 19.7. The first-order chi connectivity index (χ1) is 9.90. The third-order valence-electron chi connectivity index (χ3n) is 4.57. The van der Waals surface area contributed by atoms with E-state index >= 15 is 0 Å². The predicted octanol–water partition coefficient (Wildman–Crippen LogP) is 3.13. The highest BCUT2D eigenvalue weighted by atomic mass is 79.9. The quantitative estimate of drug-likeness (QED) is 0.877. The Kier molecular flexibility index (Phi) is 5.83. The van der Waals surface area contributed by atoms with E-state index < -0.39 is 0 Å². The second-order valence-corrected chi connectivity index (χ2v) is 7.58. The summed E-state index contributed by atoms with van der Waals surface area (Å²) in [6.45, 7) is 12.6. The second-order valence-electron chi connectivity index (χ2n) is 6.73. The molecule has 0 aromatic heterocycles. The van der Waals surface area contributed by atoms with E-state index in [9.17, 15) is 0 Å².